The van der Waals surface area contributed by atoms with Crippen LogP contribution in [0.15, 0.2) is 18.5 Å². The summed E-state index contributed by atoms with van der Waals surface area (Å²) < 4.78 is 0. The van der Waals surface area contributed by atoms with Gasteiger partial charge in [-0.15, -0.1) is 10.2 Å². The second kappa shape index (κ2) is 11.0. The molecule has 4 heteroatoms. The summed E-state index contributed by atoms with van der Waals surface area (Å²) in [6, 6.07) is 1.85. The minimum atomic E-state index is 0.822. The van der Waals surface area contributed by atoms with Crippen molar-refractivity contribution in [3.8, 4) is 0 Å². The maximum Gasteiger partial charge on any atom is 0.151 e. The van der Waals surface area contributed by atoms with Gasteiger partial charge in [-0.05, 0) is 12.5 Å². The zero-order valence-corrected chi connectivity index (χ0v) is 14.5. The average molecular weight is 314 g/mol. The fourth-order valence-electron chi connectivity index (χ4n) is 2.88. The average Bonchev–Trinajstić information content (AvgIpc) is 2.59. The predicted octanol–water partition coefficient (Wildman–Crippen LogP) is 5.27. The van der Waals surface area contributed by atoms with E-state index in [9.17, 15) is 0 Å². The van der Waals surface area contributed by atoms with Gasteiger partial charge in [0.1, 0.15) is 11.0 Å². The van der Waals surface area contributed by atoms with Crippen LogP contribution >= 0.6 is 0 Å². The number of hydrogen-bond donors (Lipinski definition) is 0. The first-order valence-corrected chi connectivity index (χ1v) is 9.33. The van der Waals surface area contributed by atoms with Gasteiger partial charge < -0.3 is 0 Å². The second-order valence-electron chi connectivity index (χ2n) is 6.38. The SMILES string of the molecule is CCCCCCCCCCCCCc1nnc2ccncc2n1. The van der Waals surface area contributed by atoms with Gasteiger partial charge in [0.2, 0.25) is 0 Å². The molecule has 0 atom stereocenters. The second-order valence-corrected chi connectivity index (χ2v) is 6.38. The lowest BCUT2D eigenvalue weighted by Crippen LogP contribution is -1.99. The molecule has 126 valence electrons. The summed E-state index contributed by atoms with van der Waals surface area (Å²) in [7, 11) is 0. The molecule has 0 aromatic carbocycles. The molecule has 0 amide bonds. The van der Waals surface area contributed by atoms with Crippen LogP contribution in [-0.2, 0) is 6.42 Å². The molecule has 0 aliphatic carbocycles. The molecule has 0 bridgehead atoms. The van der Waals surface area contributed by atoms with Crippen LogP contribution in [0.25, 0.3) is 11.0 Å². The van der Waals surface area contributed by atoms with Crippen LogP contribution in [0, 0.1) is 0 Å². The van der Waals surface area contributed by atoms with Crippen LogP contribution < -0.4 is 0 Å². The van der Waals surface area contributed by atoms with Gasteiger partial charge in [0.15, 0.2) is 5.82 Å². The van der Waals surface area contributed by atoms with E-state index in [1.807, 2.05) is 6.07 Å². The topological polar surface area (TPSA) is 51.6 Å². The van der Waals surface area contributed by atoms with Gasteiger partial charge >= 0.3 is 0 Å². The van der Waals surface area contributed by atoms with Crippen molar-refractivity contribution < 1.29 is 0 Å². The summed E-state index contributed by atoms with van der Waals surface area (Å²) >= 11 is 0. The van der Waals surface area contributed by atoms with Crippen molar-refractivity contribution in [2.24, 2.45) is 0 Å². The van der Waals surface area contributed by atoms with Crippen LogP contribution in [0.2, 0.25) is 0 Å². The smallest absolute Gasteiger partial charge is 0.151 e. The molecule has 0 aliphatic heterocycles. The Morgan fingerprint density at radius 2 is 1.39 bits per heavy atom. The number of nitrogens with zero attached hydrogens (tertiary/aromatic N) is 4. The lowest BCUT2D eigenvalue weighted by atomic mass is 10.1. The molecule has 4 nitrogen and oxygen atoms in total. The van der Waals surface area contributed by atoms with E-state index in [0.717, 1.165) is 29.7 Å². The predicted molar refractivity (Wildman–Crippen MR) is 95.3 cm³/mol. The van der Waals surface area contributed by atoms with Gasteiger partial charge in [-0.2, -0.15) is 0 Å². The van der Waals surface area contributed by atoms with E-state index in [1.165, 1.54) is 64.2 Å². The Morgan fingerprint density at radius 3 is 2.09 bits per heavy atom. The summed E-state index contributed by atoms with van der Waals surface area (Å²) in [6.07, 6.45) is 19.4. The van der Waals surface area contributed by atoms with Crippen molar-refractivity contribution >= 4 is 11.0 Å². The first kappa shape index (κ1) is 17.8. The highest BCUT2D eigenvalue weighted by molar-refractivity contribution is 5.71. The molecule has 0 unspecified atom stereocenters. The van der Waals surface area contributed by atoms with E-state index in [2.05, 4.69) is 27.1 Å². The number of hydrogen-bond acceptors (Lipinski definition) is 4. The van der Waals surface area contributed by atoms with E-state index in [0.29, 0.717) is 0 Å². The summed E-state index contributed by atoms with van der Waals surface area (Å²) in [6.45, 7) is 2.27. The number of aromatic nitrogens is 4. The first-order chi connectivity index (χ1) is 11.4. The monoisotopic (exact) mass is 314 g/mol. The lowest BCUT2D eigenvalue weighted by molar-refractivity contribution is 0.547. The first-order valence-electron chi connectivity index (χ1n) is 9.33. The third-order valence-electron chi connectivity index (χ3n) is 4.30. The Balaban J connectivity index is 1.50. The highest BCUT2D eigenvalue weighted by atomic mass is 15.1. The minimum absolute atomic E-state index is 0.822. The Morgan fingerprint density at radius 1 is 0.739 bits per heavy atom. The summed E-state index contributed by atoms with van der Waals surface area (Å²) in [5, 5.41) is 8.40. The van der Waals surface area contributed by atoms with E-state index >= 15 is 0 Å². The number of pyridine rings is 1. The van der Waals surface area contributed by atoms with E-state index in [-0.39, 0.29) is 0 Å². The zero-order chi connectivity index (χ0) is 16.2. The highest BCUT2D eigenvalue weighted by Crippen LogP contribution is 2.12. The van der Waals surface area contributed by atoms with Crippen LogP contribution in [0.3, 0.4) is 0 Å². The van der Waals surface area contributed by atoms with Gasteiger partial charge in [0, 0.05) is 12.6 Å². The van der Waals surface area contributed by atoms with Crippen molar-refractivity contribution in [2.75, 3.05) is 0 Å². The Labute approximate surface area is 140 Å². The zero-order valence-electron chi connectivity index (χ0n) is 14.5. The molecule has 2 rings (SSSR count). The van der Waals surface area contributed by atoms with Crippen LogP contribution in [0.4, 0.5) is 0 Å². The Hall–Kier alpha value is -1.58. The molecule has 0 saturated carbocycles. The van der Waals surface area contributed by atoms with Crippen molar-refractivity contribution in [1.82, 2.24) is 20.2 Å². The minimum Gasteiger partial charge on any atom is -0.262 e. The quantitative estimate of drug-likeness (QED) is 0.500. The fraction of sp³-hybridized carbons (Fsp3) is 0.684. The highest BCUT2D eigenvalue weighted by Gasteiger charge is 2.01. The van der Waals surface area contributed by atoms with Crippen LogP contribution in [-0.4, -0.2) is 20.2 Å². The molecule has 0 spiro atoms. The van der Waals surface area contributed by atoms with Crippen LogP contribution in [0.5, 0.6) is 0 Å². The number of aryl methyl sites for hydroxylation is 1. The molecule has 0 fully saturated rings. The Bertz CT molecular complexity index is 556. The summed E-state index contributed by atoms with van der Waals surface area (Å²) in [5.41, 5.74) is 1.67. The van der Waals surface area contributed by atoms with Gasteiger partial charge in [0.25, 0.3) is 0 Å². The molecular formula is C19H30N4. The van der Waals surface area contributed by atoms with E-state index in [4.69, 9.17) is 0 Å². The molecule has 2 aromatic rings. The number of fused-ring (bicyclic) bond motifs is 1. The van der Waals surface area contributed by atoms with Crippen molar-refractivity contribution in [3.05, 3.63) is 24.3 Å². The molecule has 2 heterocycles. The maximum atomic E-state index is 4.52. The van der Waals surface area contributed by atoms with Crippen molar-refractivity contribution in [3.63, 3.8) is 0 Å². The summed E-state index contributed by atoms with van der Waals surface area (Å²) in [4.78, 5) is 8.61. The van der Waals surface area contributed by atoms with E-state index < -0.39 is 0 Å². The third kappa shape index (κ3) is 7.02. The molecule has 0 aliphatic rings. The standard InChI is InChI=1S/C19H30N4/c1-2-3-4-5-6-7-8-9-10-11-12-13-19-21-18-16-20-15-14-17(18)22-23-19/h14-16H,2-13H2,1H3. The summed E-state index contributed by atoms with van der Waals surface area (Å²) in [5.74, 6) is 0.849. The van der Waals surface area contributed by atoms with Crippen molar-refractivity contribution in [1.29, 1.82) is 0 Å². The molecule has 0 N–H and O–H groups in total. The van der Waals surface area contributed by atoms with Crippen molar-refractivity contribution in [2.45, 2.75) is 84.0 Å². The number of rotatable bonds is 12. The molecule has 23 heavy (non-hydrogen) atoms. The van der Waals surface area contributed by atoms with Gasteiger partial charge in [0.05, 0.1) is 6.20 Å². The lowest BCUT2D eigenvalue weighted by Gasteiger charge is -2.03. The molecule has 0 radical (unpaired) electrons. The fourth-order valence-corrected chi connectivity index (χ4v) is 2.88. The van der Waals surface area contributed by atoms with Gasteiger partial charge in [-0.25, -0.2) is 4.98 Å². The number of unbranched alkanes of at least 4 members (excludes halogenated alkanes) is 10. The Kier molecular flexibility index (Phi) is 8.52. The molecule has 0 saturated heterocycles. The maximum absolute atomic E-state index is 4.52. The molecular weight excluding hydrogens is 284 g/mol. The molecule has 2 aromatic heterocycles. The normalized spacial score (nSPS) is 11.2. The van der Waals surface area contributed by atoms with Gasteiger partial charge in [-0.1, -0.05) is 71.1 Å². The van der Waals surface area contributed by atoms with Crippen LogP contribution in [0.1, 0.15) is 83.4 Å². The third-order valence-corrected chi connectivity index (χ3v) is 4.30. The largest absolute Gasteiger partial charge is 0.262 e. The van der Waals surface area contributed by atoms with Gasteiger partial charge in [-0.3, -0.25) is 4.98 Å². The van der Waals surface area contributed by atoms with E-state index in [1.54, 1.807) is 12.4 Å².